The first kappa shape index (κ1) is 15.8. The zero-order chi connectivity index (χ0) is 16.6. The lowest BCUT2D eigenvalue weighted by molar-refractivity contribution is -0.119. The van der Waals surface area contributed by atoms with Gasteiger partial charge in [-0.1, -0.05) is 0 Å². The fourth-order valence-electron chi connectivity index (χ4n) is 3.50. The lowest BCUT2D eigenvalue weighted by Gasteiger charge is -2.34. The minimum atomic E-state index is -1.30. The molecule has 1 amide bonds. The first-order valence-corrected chi connectivity index (χ1v) is 7.89. The minimum Gasteiger partial charge on any atom is -0.396 e. The van der Waals surface area contributed by atoms with Crippen molar-refractivity contribution in [2.45, 2.75) is 37.5 Å². The molecule has 3 heterocycles. The quantitative estimate of drug-likeness (QED) is 0.582. The molecule has 2 fully saturated rings. The number of nitrogens with two attached hydrogens (primary N) is 2. The van der Waals surface area contributed by atoms with Gasteiger partial charge in [0.25, 0.3) is 0 Å². The number of hydrogen-bond acceptors (Lipinski definition) is 7. The Morgan fingerprint density at radius 2 is 2.17 bits per heavy atom. The molecule has 23 heavy (non-hydrogen) atoms. The van der Waals surface area contributed by atoms with Crippen LogP contribution in [0.15, 0.2) is 12.1 Å². The third-order valence-corrected chi connectivity index (χ3v) is 4.73. The van der Waals surface area contributed by atoms with Crippen molar-refractivity contribution >= 4 is 23.2 Å². The van der Waals surface area contributed by atoms with E-state index < -0.39 is 11.8 Å². The van der Waals surface area contributed by atoms with E-state index in [1.54, 1.807) is 17.0 Å². The van der Waals surface area contributed by atoms with Crippen LogP contribution in [0.3, 0.4) is 0 Å². The first-order chi connectivity index (χ1) is 11.0. The average molecular weight is 321 g/mol. The summed E-state index contributed by atoms with van der Waals surface area (Å²) >= 11 is 0. The molecular weight excluding hydrogens is 298 g/mol. The molecular formula is C15H23N5O3. The largest absolute Gasteiger partial charge is 0.396 e. The first-order valence-electron chi connectivity index (χ1n) is 7.89. The van der Waals surface area contributed by atoms with Crippen LogP contribution in [0.5, 0.6) is 0 Å². The summed E-state index contributed by atoms with van der Waals surface area (Å²) in [7, 11) is 0. The Balaban J connectivity index is 1.95. The van der Waals surface area contributed by atoms with Crippen LogP contribution in [0.2, 0.25) is 0 Å². The van der Waals surface area contributed by atoms with Gasteiger partial charge >= 0.3 is 0 Å². The van der Waals surface area contributed by atoms with Gasteiger partial charge in [0.1, 0.15) is 11.9 Å². The van der Waals surface area contributed by atoms with E-state index in [0.29, 0.717) is 43.3 Å². The van der Waals surface area contributed by atoms with Crippen molar-refractivity contribution in [2.24, 2.45) is 5.73 Å². The zero-order valence-electron chi connectivity index (χ0n) is 13.0. The Morgan fingerprint density at radius 3 is 2.87 bits per heavy atom. The van der Waals surface area contributed by atoms with E-state index in [2.05, 4.69) is 4.98 Å². The van der Waals surface area contributed by atoms with Gasteiger partial charge in [0.05, 0.1) is 12.3 Å². The maximum Gasteiger partial charge on any atom is 0.240 e. The molecule has 1 aromatic rings. The van der Waals surface area contributed by atoms with Gasteiger partial charge in [-0.05, 0) is 37.8 Å². The number of aliphatic hydroxyl groups excluding tert-OH is 1. The van der Waals surface area contributed by atoms with Crippen molar-refractivity contribution in [1.82, 2.24) is 4.98 Å². The Labute approximate surface area is 134 Å². The van der Waals surface area contributed by atoms with Crippen LogP contribution in [0.4, 0.5) is 17.3 Å². The van der Waals surface area contributed by atoms with Crippen LogP contribution in [0, 0.1) is 0 Å². The number of hydrogen-bond donors (Lipinski definition) is 4. The summed E-state index contributed by atoms with van der Waals surface area (Å²) in [6.45, 7) is 0.910. The van der Waals surface area contributed by atoms with Gasteiger partial charge < -0.3 is 31.5 Å². The average Bonchev–Trinajstić information content (AvgIpc) is 3.15. The number of nitrogen functional groups attached to an aromatic ring is 1. The molecule has 2 aliphatic rings. The van der Waals surface area contributed by atoms with Crippen LogP contribution in [0.25, 0.3) is 0 Å². The molecule has 0 saturated carbocycles. The molecule has 0 radical (unpaired) electrons. The molecule has 0 aliphatic carbocycles. The number of nitrogens with zero attached hydrogens (tertiary/aromatic N) is 3. The van der Waals surface area contributed by atoms with E-state index in [1.807, 2.05) is 4.90 Å². The second kappa shape index (κ2) is 5.86. The van der Waals surface area contributed by atoms with Crippen molar-refractivity contribution in [1.29, 1.82) is 0 Å². The van der Waals surface area contributed by atoms with Crippen LogP contribution < -0.4 is 21.3 Å². The topological polar surface area (TPSA) is 129 Å². The molecule has 0 spiro atoms. The molecule has 2 unspecified atom stereocenters. The summed E-state index contributed by atoms with van der Waals surface area (Å²) in [5, 5.41) is 20.0. The summed E-state index contributed by atoms with van der Waals surface area (Å²) in [6, 6.07) is 3.03. The Hall–Kier alpha value is -2.06. The smallest absolute Gasteiger partial charge is 0.240 e. The highest BCUT2D eigenvalue weighted by Gasteiger charge is 2.40. The maximum atomic E-state index is 11.6. The van der Waals surface area contributed by atoms with E-state index in [0.717, 1.165) is 12.8 Å². The second-order valence-electron chi connectivity index (χ2n) is 6.23. The normalized spacial score (nSPS) is 27.7. The number of rotatable bonds is 4. The number of carbonyl (C=O) groups is 1. The highest BCUT2D eigenvalue weighted by molar-refractivity contribution is 5.85. The molecule has 3 rings (SSSR count). The van der Waals surface area contributed by atoms with Crippen molar-refractivity contribution in [3.63, 3.8) is 0 Å². The summed E-state index contributed by atoms with van der Waals surface area (Å²) in [4.78, 5) is 19.7. The SMILES string of the molecule is NC(=O)C1CCCN1c1nc(N2CCCC2(O)CO)ccc1N. The molecule has 2 atom stereocenters. The summed E-state index contributed by atoms with van der Waals surface area (Å²) in [5.41, 5.74) is 10.7. The molecule has 1 aromatic heterocycles. The van der Waals surface area contributed by atoms with Gasteiger partial charge in [0, 0.05) is 13.1 Å². The number of carbonyl (C=O) groups excluding carboxylic acids is 1. The number of anilines is 3. The zero-order valence-corrected chi connectivity index (χ0v) is 13.0. The molecule has 6 N–H and O–H groups in total. The van der Waals surface area contributed by atoms with Crippen molar-refractivity contribution < 1.29 is 15.0 Å². The standard InChI is InChI=1S/C15H23N5O3/c16-10-4-5-12(20-8-2-6-15(20,23)9-21)18-14(10)19-7-1-3-11(19)13(17)22/h4-5,11,21,23H,1-3,6-9,16H2,(H2,17,22). The molecule has 126 valence electrons. The fourth-order valence-corrected chi connectivity index (χ4v) is 3.50. The van der Waals surface area contributed by atoms with E-state index in [-0.39, 0.29) is 12.5 Å². The molecule has 8 heteroatoms. The Kier molecular flexibility index (Phi) is 4.03. The van der Waals surface area contributed by atoms with Gasteiger partial charge in [0.2, 0.25) is 5.91 Å². The molecule has 8 nitrogen and oxygen atoms in total. The van der Waals surface area contributed by atoms with Crippen molar-refractivity contribution in [3.8, 4) is 0 Å². The van der Waals surface area contributed by atoms with Gasteiger partial charge in [-0.2, -0.15) is 0 Å². The van der Waals surface area contributed by atoms with Gasteiger partial charge in [-0.15, -0.1) is 0 Å². The maximum absolute atomic E-state index is 11.6. The highest BCUT2D eigenvalue weighted by Crippen LogP contribution is 2.35. The van der Waals surface area contributed by atoms with Crippen LogP contribution in [-0.2, 0) is 4.79 Å². The summed E-state index contributed by atoms with van der Waals surface area (Å²) < 4.78 is 0. The van der Waals surface area contributed by atoms with Crippen LogP contribution in [0.1, 0.15) is 25.7 Å². The van der Waals surface area contributed by atoms with E-state index in [4.69, 9.17) is 11.5 Å². The Bertz CT molecular complexity index is 611. The van der Waals surface area contributed by atoms with Gasteiger partial charge in [-0.25, -0.2) is 4.98 Å². The third kappa shape index (κ3) is 2.68. The lowest BCUT2D eigenvalue weighted by Crippen LogP contribution is -2.47. The Morgan fingerprint density at radius 1 is 1.39 bits per heavy atom. The summed E-state index contributed by atoms with van der Waals surface area (Å²) in [6.07, 6.45) is 2.79. The third-order valence-electron chi connectivity index (χ3n) is 4.73. The highest BCUT2D eigenvalue weighted by atomic mass is 16.4. The minimum absolute atomic E-state index is 0.359. The molecule has 0 aromatic carbocycles. The van der Waals surface area contributed by atoms with Crippen LogP contribution >= 0.6 is 0 Å². The van der Waals surface area contributed by atoms with Crippen molar-refractivity contribution in [3.05, 3.63) is 12.1 Å². The number of primary amides is 1. The predicted octanol–water partition coefficient (Wildman–Crippen LogP) is -0.601. The number of pyridine rings is 1. The van der Waals surface area contributed by atoms with Gasteiger partial charge in [0.15, 0.2) is 11.5 Å². The van der Waals surface area contributed by atoms with E-state index in [9.17, 15) is 15.0 Å². The summed E-state index contributed by atoms with van der Waals surface area (Å²) in [5.74, 6) is 0.663. The van der Waals surface area contributed by atoms with E-state index >= 15 is 0 Å². The number of aromatic nitrogens is 1. The number of aliphatic hydroxyl groups is 2. The lowest BCUT2D eigenvalue weighted by atomic mass is 10.1. The molecule has 2 saturated heterocycles. The molecule has 0 bridgehead atoms. The fraction of sp³-hybridized carbons (Fsp3) is 0.600. The van der Waals surface area contributed by atoms with Crippen molar-refractivity contribution in [2.75, 3.05) is 35.2 Å². The monoisotopic (exact) mass is 321 g/mol. The second-order valence-corrected chi connectivity index (χ2v) is 6.23. The van der Waals surface area contributed by atoms with Gasteiger partial charge in [-0.3, -0.25) is 4.79 Å². The predicted molar refractivity (Wildman–Crippen MR) is 86.8 cm³/mol. The molecule has 2 aliphatic heterocycles. The van der Waals surface area contributed by atoms with E-state index in [1.165, 1.54) is 0 Å². The number of amides is 1. The van der Waals surface area contributed by atoms with Crippen LogP contribution in [-0.4, -0.2) is 52.6 Å².